The first-order valence-electron chi connectivity index (χ1n) is 4.43. The van der Waals surface area contributed by atoms with E-state index in [1.54, 1.807) is 13.2 Å². The van der Waals surface area contributed by atoms with Gasteiger partial charge in [0.15, 0.2) is 11.0 Å². The number of H-pyrrole nitrogens is 1. The monoisotopic (exact) mass is 238 g/mol. The number of nitrogens with one attached hydrogen (secondary N) is 1. The highest BCUT2D eigenvalue weighted by atomic mass is 32.2. The second kappa shape index (κ2) is 4.90. The number of methoxy groups -OCH3 is 1. The SMILES string of the molecule is COCc1nc(N)cc(Sc2ncn[nH]2)n1. The minimum Gasteiger partial charge on any atom is -0.384 e. The van der Waals surface area contributed by atoms with Gasteiger partial charge >= 0.3 is 0 Å². The van der Waals surface area contributed by atoms with Gasteiger partial charge in [-0.2, -0.15) is 5.10 Å². The maximum Gasteiger partial charge on any atom is 0.189 e. The third-order valence-corrected chi connectivity index (χ3v) is 2.44. The van der Waals surface area contributed by atoms with Crippen LogP contribution in [0.25, 0.3) is 0 Å². The molecule has 0 bridgehead atoms. The van der Waals surface area contributed by atoms with Gasteiger partial charge in [-0.05, 0) is 11.8 Å². The van der Waals surface area contributed by atoms with Gasteiger partial charge in [0, 0.05) is 13.2 Å². The van der Waals surface area contributed by atoms with Crippen LogP contribution >= 0.6 is 11.8 Å². The fraction of sp³-hybridized carbons (Fsp3) is 0.250. The smallest absolute Gasteiger partial charge is 0.189 e. The van der Waals surface area contributed by atoms with Crippen molar-refractivity contribution in [3.05, 3.63) is 18.2 Å². The lowest BCUT2D eigenvalue weighted by Crippen LogP contribution is -2.01. The highest BCUT2D eigenvalue weighted by Crippen LogP contribution is 2.23. The molecule has 2 aromatic heterocycles. The normalized spacial score (nSPS) is 10.6. The van der Waals surface area contributed by atoms with Gasteiger partial charge in [0.1, 0.15) is 23.8 Å². The predicted molar refractivity (Wildman–Crippen MR) is 57.7 cm³/mol. The number of aromatic amines is 1. The summed E-state index contributed by atoms with van der Waals surface area (Å²) in [5.41, 5.74) is 5.65. The fourth-order valence-electron chi connectivity index (χ4n) is 1.08. The van der Waals surface area contributed by atoms with Gasteiger partial charge in [-0.3, -0.25) is 5.10 Å². The number of hydrogen-bond donors (Lipinski definition) is 2. The van der Waals surface area contributed by atoms with Crippen molar-refractivity contribution in [1.82, 2.24) is 25.1 Å². The van der Waals surface area contributed by atoms with Gasteiger partial charge < -0.3 is 10.5 Å². The molecule has 0 saturated carbocycles. The first-order valence-corrected chi connectivity index (χ1v) is 5.25. The zero-order chi connectivity index (χ0) is 11.4. The molecule has 84 valence electrons. The van der Waals surface area contributed by atoms with Gasteiger partial charge in [-0.25, -0.2) is 15.0 Å². The topological polar surface area (TPSA) is 103 Å². The summed E-state index contributed by atoms with van der Waals surface area (Å²) < 4.78 is 4.95. The van der Waals surface area contributed by atoms with Crippen molar-refractivity contribution in [2.45, 2.75) is 16.8 Å². The number of rotatable bonds is 4. The average Bonchev–Trinajstić information content (AvgIpc) is 2.70. The largest absolute Gasteiger partial charge is 0.384 e. The number of nitrogen functional groups attached to an aromatic ring is 1. The van der Waals surface area contributed by atoms with Crippen molar-refractivity contribution in [3.8, 4) is 0 Å². The Hall–Kier alpha value is -1.67. The van der Waals surface area contributed by atoms with E-state index in [9.17, 15) is 0 Å². The molecule has 7 nitrogen and oxygen atoms in total. The lowest BCUT2D eigenvalue weighted by Gasteiger charge is -2.02. The molecule has 2 aromatic rings. The second-order valence-electron chi connectivity index (χ2n) is 2.87. The van der Waals surface area contributed by atoms with Crippen molar-refractivity contribution in [1.29, 1.82) is 0 Å². The van der Waals surface area contributed by atoms with Gasteiger partial charge in [-0.1, -0.05) is 0 Å². The number of aromatic nitrogens is 5. The van der Waals surface area contributed by atoms with Gasteiger partial charge in [0.25, 0.3) is 0 Å². The predicted octanol–water partition coefficient (Wildman–Crippen LogP) is 0.475. The zero-order valence-corrected chi connectivity index (χ0v) is 9.36. The Labute approximate surface area is 95.9 Å². The average molecular weight is 238 g/mol. The van der Waals surface area contributed by atoms with Gasteiger partial charge in [-0.15, -0.1) is 0 Å². The number of hydrogen-bond acceptors (Lipinski definition) is 7. The van der Waals surface area contributed by atoms with E-state index in [2.05, 4.69) is 25.1 Å². The van der Waals surface area contributed by atoms with Crippen molar-refractivity contribution in [2.75, 3.05) is 12.8 Å². The van der Waals surface area contributed by atoms with E-state index in [1.165, 1.54) is 18.1 Å². The maximum atomic E-state index is 5.65. The maximum absolute atomic E-state index is 5.65. The summed E-state index contributed by atoms with van der Waals surface area (Å²) in [6, 6.07) is 1.67. The first-order chi connectivity index (χ1) is 7.78. The summed E-state index contributed by atoms with van der Waals surface area (Å²) in [5.74, 6) is 0.952. The molecule has 0 unspecified atom stereocenters. The second-order valence-corrected chi connectivity index (χ2v) is 3.88. The van der Waals surface area contributed by atoms with Crippen molar-refractivity contribution < 1.29 is 4.74 Å². The van der Waals surface area contributed by atoms with Crippen LogP contribution in [0.2, 0.25) is 0 Å². The summed E-state index contributed by atoms with van der Waals surface area (Å²) in [6.07, 6.45) is 1.43. The number of nitrogens with two attached hydrogens (primary N) is 1. The highest BCUT2D eigenvalue weighted by Gasteiger charge is 2.06. The van der Waals surface area contributed by atoms with E-state index in [0.29, 0.717) is 28.4 Å². The number of ether oxygens (including phenoxy) is 1. The standard InChI is InChI=1S/C8H10N6OS/c1-15-3-6-12-5(9)2-7(13-6)16-8-10-4-11-14-8/h2,4H,3H2,1H3,(H2,9,12,13)(H,10,11,14). The van der Waals surface area contributed by atoms with Gasteiger partial charge in [0.05, 0.1) is 0 Å². The molecule has 0 radical (unpaired) electrons. The molecule has 0 fully saturated rings. The summed E-state index contributed by atoms with van der Waals surface area (Å²) in [4.78, 5) is 12.3. The van der Waals surface area contributed by atoms with E-state index >= 15 is 0 Å². The molecule has 2 rings (SSSR count). The number of anilines is 1. The Morgan fingerprint density at radius 2 is 2.38 bits per heavy atom. The summed E-state index contributed by atoms with van der Waals surface area (Å²) in [5, 5.41) is 7.83. The third kappa shape index (κ3) is 2.67. The Kier molecular flexibility index (Phi) is 3.32. The van der Waals surface area contributed by atoms with E-state index in [4.69, 9.17) is 10.5 Å². The quantitative estimate of drug-likeness (QED) is 0.746. The molecule has 8 heteroatoms. The number of nitrogens with zero attached hydrogens (tertiary/aromatic N) is 4. The molecule has 0 spiro atoms. The van der Waals surface area contributed by atoms with Crippen LogP contribution in [0.4, 0.5) is 5.82 Å². The molecule has 2 heterocycles. The molecule has 0 aliphatic carbocycles. The van der Waals surface area contributed by atoms with Crippen molar-refractivity contribution in [3.63, 3.8) is 0 Å². The van der Waals surface area contributed by atoms with Crippen LogP contribution in [-0.4, -0.2) is 32.3 Å². The minimum absolute atomic E-state index is 0.328. The third-order valence-electron chi connectivity index (χ3n) is 1.64. The van der Waals surface area contributed by atoms with Crippen LogP contribution in [0.15, 0.2) is 22.6 Å². The molecule has 0 saturated heterocycles. The molecule has 0 amide bonds. The molecule has 0 aliphatic rings. The molecular formula is C8H10N6OS. The Bertz CT molecular complexity index is 460. The minimum atomic E-state index is 0.328. The summed E-state index contributed by atoms with van der Waals surface area (Å²) in [6.45, 7) is 0.328. The first kappa shape index (κ1) is 10.8. The van der Waals surface area contributed by atoms with E-state index in [0.717, 1.165) is 0 Å². The van der Waals surface area contributed by atoms with Crippen molar-refractivity contribution >= 4 is 17.6 Å². The summed E-state index contributed by atoms with van der Waals surface area (Å²) >= 11 is 1.33. The fourth-order valence-corrected chi connectivity index (χ4v) is 1.81. The van der Waals surface area contributed by atoms with Gasteiger partial charge in [0.2, 0.25) is 0 Å². The van der Waals surface area contributed by atoms with Crippen LogP contribution in [0.3, 0.4) is 0 Å². The molecular weight excluding hydrogens is 228 g/mol. The highest BCUT2D eigenvalue weighted by molar-refractivity contribution is 7.99. The molecule has 16 heavy (non-hydrogen) atoms. The molecule has 3 N–H and O–H groups in total. The van der Waals surface area contributed by atoms with Crippen LogP contribution in [0, 0.1) is 0 Å². The molecule has 0 atom stereocenters. The van der Waals surface area contributed by atoms with Crippen LogP contribution in [-0.2, 0) is 11.3 Å². The lowest BCUT2D eigenvalue weighted by atomic mass is 10.5. The Morgan fingerprint density at radius 3 is 3.06 bits per heavy atom. The van der Waals surface area contributed by atoms with E-state index in [-0.39, 0.29) is 0 Å². The van der Waals surface area contributed by atoms with E-state index < -0.39 is 0 Å². The van der Waals surface area contributed by atoms with Crippen LogP contribution in [0.1, 0.15) is 5.82 Å². The van der Waals surface area contributed by atoms with Crippen molar-refractivity contribution in [2.24, 2.45) is 0 Å². The molecule has 0 aromatic carbocycles. The van der Waals surface area contributed by atoms with E-state index in [1.807, 2.05) is 0 Å². The lowest BCUT2D eigenvalue weighted by molar-refractivity contribution is 0.177. The van der Waals surface area contributed by atoms with Crippen LogP contribution in [0.5, 0.6) is 0 Å². The Morgan fingerprint density at radius 1 is 1.50 bits per heavy atom. The van der Waals surface area contributed by atoms with Crippen LogP contribution < -0.4 is 5.73 Å². The molecule has 0 aliphatic heterocycles. The Balaban J connectivity index is 2.20. The zero-order valence-electron chi connectivity index (χ0n) is 8.54. The summed E-state index contributed by atoms with van der Waals surface area (Å²) in [7, 11) is 1.58.